The highest BCUT2D eigenvalue weighted by atomic mass is 16.7. The number of nitrogens with zero attached hydrogens (tertiary/aromatic N) is 1. The molecule has 2 aliphatic rings. The van der Waals surface area contributed by atoms with Gasteiger partial charge in [0.25, 0.3) is 0 Å². The maximum atomic E-state index is 6.03. The van der Waals surface area contributed by atoms with E-state index in [0.29, 0.717) is 5.88 Å². The molecule has 0 saturated carbocycles. The third-order valence-corrected chi connectivity index (χ3v) is 4.16. The first-order valence-corrected chi connectivity index (χ1v) is 6.46. The van der Waals surface area contributed by atoms with Crippen molar-refractivity contribution in [1.82, 2.24) is 10.2 Å². The number of rotatable bonds is 1. The number of aromatic amines is 1. The number of ether oxygens (including phenoxy) is 1. The standard InChI is InChI=1S/C12H19BN2O3/c1-11(2)12(3,4)18-13(17-11)9-8-6-5-7-16-10(8)15-14-9/h5-7H2,1-4H3,(H,14,15). The molecule has 1 saturated heterocycles. The van der Waals surface area contributed by atoms with Crippen LogP contribution in [0.4, 0.5) is 0 Å². The lowest BCUT2D eigenvalue weighted by atomic mass is 9.80. The van der Waals surface area contributed by atoms with Crippen LogP contribution in [-0.4, -0.2) is 35.1 Å². The molecular weight excluding hydrogens is 231 g/mol. The van der Waals surface area contributed by atoms with Gasteiger partial charge in [0.1, 0.15) is 0 Å². The SMILES string of the molecule is CC1(C)OB(c2[nH]nc3c2CCCO3)OC1(C)C. The molecule has 98 valence electrons. The van der Waals surface area contributed by atoms with Crippen molar-refractivity contribution in [2.45, 2.75) is 51.7 Å². The Morgan fingerprint density at radius 2 is 1.83 bits per heavy atom. The fourth-order valence-electron chi connectivity index (χ4n) is 2.30. The average Bonchev–Trinajstić information content (AvgIpc) is 2.78. The van der Waals surface area contributed by atoms with Crippen LogP contribution in [0, 0.1) is 0 Å². The summed E-state index contributed by atoms with van der Waals surface area (Å²) in [6, 6.07) is 0. The van der Waals surface area contributed by atoms with Gasteiger partial charge < -0.3 is 14.0 Å². The molecule has 0 unspecified atom stereocenters. The van der Waals surface area contributed by atoms with Crippen molar-refractivity contribution in [3.8, 4) is 5.88 Å². The van der Waals surface area contributed by atoms with Gasteiger partial charge in [-0.1, -0.05) is 0 Å². The van der Waals surface area contributed by atoms with Crippen LogP contribution in [0.1, 0.15) is 39.7 Å². The Morgan fingerprint density at radius 1 is 1.17 bits per heavy atom. The van der Waals surface area contributed by atoms with Gasteiger partial charge in [-0.25, -0.2) is 0 Å². The Hall–Kier alpha value is -1.01. The topological polar surface area (TPSA) is 56.4 Å². The second-order valence-electron chi connectivity index (χ2n) is 5.96. The van der Waals surface area contributed by atoms with Crippen LogP contribution in [0.5, 0.6) is 5.88 Å². The Kier molecular flexibility index (Phi) is 2.51. The maximum absolute atomic E-state index is 6.03. The molecular formula is C12H19BN2O3. The minimum absolute atomic E-state index is 0.328. The number of H-pyrrole nitrogens is 1. The lowest BCUT2D eigenvalue weighted by Gasteiger charge is -2.32. The highest BCUT2D eigenvalue weighted by molar-refractivity contribution is 6.61. The average molecular weight is 250 g/mol. The van der Waals surface area contributed by atoms with Crippen LogP contribution in [-0.2, 0) is 15.7 Å². The lowest BCUT2D eigenvalue weighted by Crippen LogP contribution is -2.41. The second-order valence-corrected chi connectivity index (χ2v) is 5.96. The molecule has 3 rings (SSSR count). The number of hydrogen-bond acceptors (Lipinski definition) is 4. The van der Waals surface area contributed by atoms with Gasteiger partial charge in [-0.2, -0.15) is 0 Å². The summed E-state index contributed by atoms with van der Waals surface area (Å²) >= 11 is 0. The Morgan fingerprint density at radius 3 is 2.50 bits per heavy atom. The van der Waals surface area contributed by atoms with E-state index in [0.717, 1.165) is 30.6 Å². The Balaban J connectivity index is 1.91. The van der Waals surface area contributed by atoms with Gasteiger partial charge in [-0.3, -0.25) is 5.10 Å². The molecule has 0 spiro atoms. The van der Waals surface area contributed by atoms with Crippen LogP contribution in [0.2, 0.25) is 0 Å². The van der Waals surface area contributed by atoms with Gasteiger partial charge in [0.15, 0.2) is 0 Å². The molecule has 0 aromatic carbocycles. The summed E-state index contributed by atoms with van der Waals surface area (Å²) in [4.78, 5) is 0. The van der Waals surface area contributed by atoms with Gasteiger partial charge in [0.05, 0.1) is 23.4 Å². The van der Waals surface area contributed by atoms with Crippen LogP contribution in [0.15, 0.2) is 0 Å². The van der Waals surface area contributed by atoms with Crippen LogP contribution >= 0.6 is 0 Å². The summed E-state index contributed by atoms with van der Waals surface area (Å²) in [6.07, 6.45) is 1.98. The molecule has 1 N–H and O–H groups in total. The van der Waals surface area contributed by atoms with Gasteiger partial charge in [-0.05, 0) is 40.5 Å². The predicted octanol–water partition coefficient (Wildman–Crippen LogP) is 1.03. The number of nitrogens with one attached hydrogen (secondary N) is 1. The van der Waals surface area contributed by atoms with Crippen molar-refractivity contribution >= 4 is 12.7 Å². The molecule has 0 atom stereocenters. The minimum Gasteiger partial charge on any atom is -0.476 e. The molecule has 18 heavy (non-hydrogen) atoms. The third-order valence-electron chi connectivity index (χ3n) is 4.16. The van der Waals surface area contributed by atoms with E-state index in [9.17, 15) is 0 Å². The van der Waals surface area contributed by atoms with Crippen molar-refractivity contribution in [3.63, 3.8) is 0 Å². The van der Waals surface area contributed by atoms with E-state index < -0.39 is 0 Å². The predicted molar refractivity (Wildman–Crippen MR) is 68.1 cm³/mol. The van der Waals surface area contributed by atoms with E-state index >= 15 is 0 Å². The zero-order chi connectivity index (χ0) is 13.0. The van der Waals surface area contributed by atoms with E-state index in [1.54, 1.807) is 0 Å². The van der Waals surface area contributed by atoms with Crippen molar-refractivity contribution < 1.29 is 14.0 Å². The number of hydrogen-bond donors (Lipinski definition) is 1. The van der Waals surface area contributed by atoms with Crippen molar-refractivity contribution in [2.24, 2.45) is 0 Å². The van der Waals surface area contributed by atoms with Crippen molar-refractivity contribution in [1.29, 1.82) is 0 Å². The van der Waals surface area contributed by atoms with Gasteiger partial charge in [-0.15, -0.1) is 5.10 Å². The van der Waals surface area contributed by atoms with Gasteiger partial charge >= 0.3 is 7.12 Å². The van der Waals surface area contributed by atoms with Crippen LogP contribution < -0.4 is 10.3 Å². The molecule has 0 bridgehead atoms. The smallest absolute Gasteiger partial charge is 0.476 e. The van der Waals surface area contributed by atoms with E-state index in [1.807, 2.05) is 27.7 Å². The third kappa shape index (κ3) is 1.67. The molecule has 0 aliphatic carbocycles. The molecule has 2 aliphatic heterocycles. The largest absolute Gasteiger partial charge is 0.514 e. The first kappa shape index (κ1) is 12.1. The molecule has 6 heteroatoms. The zero-order valence-electron chi connectivity index (χ0n) is 11.4. The fraction of sp³-hybridized carbons (Fsp3) is 0.750. The zero-order valence-corrected chi connectivity index (χ0v) is 11.4. The van der Waals surface area contributed by atoms with Crippen LogP contribution in [0.25, 0.3) is 0 Å². The van der Waals surface area contributed by atoms with Crippen molar-refractivity contribution in [2.75, 3.05) is 6.61 Å². The minimum atomic E-state index is -0.382. The van der Waals surface area contributed by atoms with E-state index in [1.165, 1.54) is 0 Å². The first-order valence-electron chi connectivity index (χ1n) is 6.46. The Labute approximate surface area is 107 Å². The molecule has 0 amide bonds. The summed E-state index contributed by atoms with van der Waals surface area (Å²) in [5, 5.41) is 7.20. The number of aromatic nitrogens is 2. The van der Waals surface area contributed by atoms with E-state index in [2.05, 4.69) is 10.2 Å². The maximum Gasteiger partial charge on any atom is 0.514 e. The van der Waals surface area contributed by atoms with Crippen molar-refractivity contribution in [3.05, 3.63) is 5.56 Å². The molecule has 5 nitrogen and oxygen atoms in total. The van der Waals surface area contributed by atoms with Gasteiger partial charge in [0, 0.05) is 5.56 Å². The molecule has 0 radical (unpaired) electrons. The number of fused-ring (bicyclic) bond motifs is 1. The second kappa shape index (κ2) is 3.74. The fourth-order valence-corrected chi connectivity index (χ4v) is 2.30. The lowest BCUT2D eigenvalue weighted by molar-refractivity contribution is 0.00578. The monoisotopic (exact) mass is 250 g/mol. The van der Waals surface area contributed by atoms with E-state index in [4.69, 9.17) is 14.0 Å². The van der Waals surface area contributed by atoms with Gasteiger partial charge in [0.2, 0.25) is 5.88 Å². The first-order chi connectivity index (χ1) is 8.41. The quantitative estimate of drug-likeness (QED) is 0.756. The normalized spacial score (nSPS) is 24.8. The summed E-state index contributed by atoms with van der Waals surface area (Å²) in [5.41, 5.74) is 1.35. The molecule has 3 heterocycles. The summed E-state index contributed by atoms with van der Waals surface area (Å²) in [5.74, 6) is 0.700. The molecule has 1 aromatic rings. The highest BCUT2D eigenvalue weighted by Gasteiger charge is 2.53. The van der Waals surface area contributed by atoms with E-state index in [-0.39, 0.29) is 18.3 Å². The summed E-state index contributed by atoms with van der Waals surface area (Å²) in [6.45, 7) is 8.93. The van der Waals surface area contributed by atoms with Crippen LogP contribution in [0.3, 0.4) is 0 Å². The summed E-state index contributed by atoms with van der Waals surface area (Å²) in [7, 11) is -0.382. The Bertz CT molecular complexity index is 454. The summed E-state index contributed by atoms with van der Waals surface area (Å²) < 4.78 is 17.6. The molecule has 1 fully saturated rings. The highest BCUT2D eigenvalue weighted by Crippen LogP contribution is 2.37. The molecule has 1 aromatic heterocycles.